The third-order valence-corrected chi connectivity index (χ3v) is 6.18. The second-order valence-corrected chi connectivity index (χ2v) is 10.5. The van der Waals surface area contributed by atoms with E-state index in [1.54, 1.807) is 57.2 Å². The van der Waals surface area contributed by atoms with Gasteiger partial charge in [-0.05, 0) is 74.9 Å². The van der Waals surface area contributed by atoms with Crippen molar-refractivity contribution >= 4 is 23.8 Å². The smallest absolute Gasteiger partial charge is 0.410 e. The van der Waals surface area contributed by atoms with E-state index in [0.717, 1.165) is 12.1 Å². The van der Waals surface area contributed by atoms with E-state index in [4.69, 9.17) is 14.2 Å². The monoisotopic (exact) mass is 567 g/mol. The van der Waals surface area contributed by atoms with Gasteiger partial charge in [-0.25, -0.2) is 23.2 Å². The van der Waals surface area contributed by atoms with E-state index in [1.807, 2.05) is 0 Å². The number of amides is 3. The number of likely N-dealkylation sites (tertiary alicyclic amines) is 1. The average Bonchev–Trinajstić information content (AvgIpc) is 3.30. The van der Waals surface area contributed by atoms with Gasteiger partial charge in [0.15, 0.2) is 0 Å². The van der Waals surface area contributed by atoms with E-state index in [1.165, 1.54) is 30.2 Å². The minimum Gasteiger partial charge on any atom is -0.497 e. The maximum Gasteiger partial charge on any atom is 0.410 e. The second-order valence-electron chi connectivity index (χ2n) is 10.5. The van der Waals surface area contributed by atoms with Gasteiger partial charge in [-0.15, -0.1) is 0 Å². The molecule has 2 N–H and O–H groups in total. The van der Waals surface area contributed by atoms with E-state index >= 15 is 0 Å². The number of hydrogen-bond donors (Lipinski definition) is 2. The summed E-state index contributed by atoms with van der Waals surface area (Å²) in [5.74, 6) is -1.61. The number of nitrogens with one attached hydrogen (secondary N) is 2. The van der Waals surface area contributed by atoms with E-state index in [2.05, 4.69) is 10.6 Å². The minimum absolute atomic E-state index is 0.0274. The Kier molecular flexibility index (Phi) is 8.75. The summed E-state index contributed by atoms with van der Waals surface area (Å²) in [6.45, 7) is 5.19. The van der Waals surface area contributed by atoms with Crippen molar-refractivity contribution in [2.24, 2.45) is 0 Å². The zero-order valence-corrected chi connectivity index (χ0v) is 23.1. The van der Waals surface area contributed by atoms with Crippen molar-refractivity contribution in [3.8, 4) is 16.9 Å². The third-order valence-electron chi connectivity index (χ3n) is 6.18. The highest BCUT2D eigenvalue weighted by Gasteiger charge is 2.40. The van der Waals surface area contributed by atoms with Crippen LogP contribution in [0.3, 0.4) is 0 Å². The maximum absolute atomic E-state index is 14.3. The van der Waals surface area contributed by atoms with E-state index in [0.29, 0.717) is 17.0 Å². The van der Waals surface area contributed by atoms with Gasteiger partial charge < -0.3 is 29.7 Å². The highest BCUT2D eigenvalue weighted by atomic mass is 19.1. The van der Waals surface area contributed by atoms with Crippen LogP contribution in [0.25, 0.3) is 11.1 Å². The van der Waals surface area contributed by atoms with Crippen molar-refractivity contribution in [3.05, 3.63) is 83.9 Å². The van der Waals surface area contributed by atoms with Gasteiger partial charge in [0.1, 0.15) is 29.1 Å². The summed E-state index contributed by atoms with van der Waals surface area (Å²) in [5.41, 5.74) is 0.337. The van der Waals surface area contributed by atoms with Gasteiger partial charge in [0, 0.05) is 23.9 Å². The number of esters is 1. The summed E-state index contributed by atoms with van der Waals surface area (Å²) in [5, 5.41) is 5.47. The number of carbonyl (C=O) groups excluding carboxylic acids is 3. The van der Waals surface area contributed by atoms with Crippen molar-refractivity contribution in [3.63, 3.8) is 0 Å². The van der Waals surface area contributed by atoms with Crippen molar-refractivity contribution in [1.29, 1.82) is 0 Å². The van der Waals surface area contributed by atoms with Crippen LogP contribution in [0.1, 0.15) is 31.1 Å². The number of rotatable bonds is 6. The summed E-state index contributed by atoms with van der Waals surface area (Å²) in [4.78, 5) is 40.1. The normalized spacial score (nSPS) is 16.6. The van der Waals surface area contributed by atoms with E-state index in [9.17, 15) is 23.2 Å². The van der Waals surface area contributed by atoms with Crippen LogP contribution < -0.4 is 15.4 Å². The predicted octanol–water partition coefficient (Wildman–Crippen LogP) is 5.61. The highest BCUT2D eigenvalue weighted by Crippen LogP contribution is 2.26. The number of ether oxygens (including phenoxy) is 3. The lowest BCUT2D eigenvalue weighted by Gasteiger charge is -2.24. The Balaban J connectivity index is 1.50. The molecule has 3 aromatic carbocycles. The molecule has 0 radical (unpaired) electrons. The largest absolute Gasteiger partial charge is 0.497 e. The van der Waals surface area contributed by atoms with Crippen LogP contribution in [0.4, 0.5) is 24.1 Å². The number of methoxy groups -OCH3 is 1. The first-order valence-corrected chi connectivity index (χ1v) is 12.9. The maximum atomic E-state index is 14.3. The SMILES string of the molecule is COc1ccc(NC(=O)N[C@H]2CN(C(=O)OC(C)(C)C)C[C@@H]2OC(=O)c2cccc(-c3ccc(F)cc3F)c2)cc1. The fourth-order valence-corrected chi connectivity index (χ4v) is 4.26. The van der Waals surface area contributed by atoms with Crippen LogP contribution in [-0.4, -0.2) is 60.9 Å². The van der Waals surface area contributed by atoms with E-state index in [-0.39, 0.29) is 24.2 Å². The first-order chi connectivity index (χ1) is 19.4. The molecule has 2 atom stereocenters. The standard InChI is InChI=1S/C30H31F2N3O6/c1-30(2,3)41-29(38)35-16-25(34-28(37)33-21-9-11-22(39-4)12-10-21)26(17-35)40-27(36)19-7-5-6-18(14-19)23-13-8-20(31)15-24(23)32/h5-15,25-26H,16-17H2,1-4H3,(H2,33,34,37)/t25-,26-/m0/s1. The van der Waals surface area contributed by atoms with Crippen molar-refractivity contribution in [2.45, 2.75) is 38.5 Å². The average molecular weight is 568 g/mol. The van der Waals surface area contributed by atoms with Gasteiger partial charge in [0.2, 0.25) is 0 Å². The van der Waals surface area contributed by atoms with E-state index < -0.39 is 47.5 Å². The summed E-state index contributed by atoms with van der Waals surface area (Å²) < 4.78 is 44.0. The van der Waals surface area contributed by atoms with Gasteiger partial charge in [0.25, 0.3) is 0 Å². The molecule has 3 amide bonds. The molecule has 1 heterocycles. The Hall–Kier alpha value is -4.67. The van der Waals surface area contributed by atoms with Crippen LogP contribution in [-0.2, 0) is 9.47 Å². The molecule has 1 fully saturated rings. The lowest BCUT2D eigenvalue weighted by atomic mass is 10.0. The number of hydrogen-bond acceptors (Lipinski definition) is 6. The summed E-state index contributed by atoms with van der Waals surface area (Å²) >= 11 is 0. The molecule has 1 aliphatic rings. The fourth-order valence-electron chi connectivity index (χ4n) is 4.26. The van der Waals surface area contributed by atoms with Crippen LogP contribution in [0.15, 0.2) is 66.7 Å². The Bertz CT molecular complexity index is 1420. The van der Waals surface area contributed by atoms with Crippen LogP contribution in [0.5, 0.6) is 5.75 Å². The lowest BCUT2D eigenvalue weighted by Crippen LogP contribution is -2.46. The topological polar surface area (TPSA) is 106 Å². The third kappa shape index (κ3) is 7.71. The zero-order chi connectivity index (χ0) is 29.7. The molecule has 9 nitrogen and oxygen atoms in total. The summed E-state index contributed by atoms with van der Waals surface area (Å²) in [7, 11) is 1.53. The van der Waals surface area contributed by atoms with Gasteiger partial charge in [-0.3, -0.25) is 0 Å². The van der Waals surface area contributed by atoms with Gasteiger partial charge in [0.05, 0.1) is 25.3 Å². The summed E-state index contributed by atoms with van der Waals surface area (Å²) in [6.07, 6.45) is -1.53. The lowest BCUT2D eigenvalue weighted by molar-refractivity contribution is 0.0180. The fraction of sp³-hybridized carbons (Fsp3) is 0.300. The molecule has 0 saturated carbocycles. The number of nitrogens with zero attached hydrogens (tertiary/aromatic N) is 1. The Morgan fingerprint density at radius 2 is 1.68 bits per heavy atom. The van der Waals surface area contributed by atoms with Crippen molar-refractivity contribution in [2.75, 3.05) is 25.5 Å². The molecule has 0 unspecified atom stereocenters. The minimum atomic E-state index is -0.914. The second kappa shape index (κ2) is 12.2. The molecule has 1 aliphatic heterocycles. The molecule has 216 valence electrons. The molecular formula is C30H31F2N3O6. The number of benzene rings is 3. The summed E-state index contributed by atoms with van der Waals surface area (Å²) in [6, 6.07) is 14.6. The molecule has 0 aromatic heterocycles. The van der Waals surface area contributed by atoms with Gasteiger partial charge >= 0.3 is 18.1 Å². The Morgan fingerprint density at radius 3 is 2.34 bits per heavy atom. The van der Waals surface area contributed by atoms with Crippen LogP contribution in [0, 0.1) is 11.6 Å². The number of carbonyl (C=O) groups is 3. The molecule has 3 aromatic rings. The van der Waals surface area contributed by atoms with Crippen molar-refractivity contribution in [1.82, 2.24) is 10.2 Å². The van der Waals surface area contributed by atoms with Crippen LogP contribution >= 0.6 is 0 Å². The molecule has 41 heavy (non-hydrogen) atoms. The van der Waals surface area contributed by atoms with Gasteiger partial charge in [-0.2, -0.15) is 0 Å². The number of anilines is 1. The molecule has 4 rings (SSSR count). The molecular weight excluding hydrogens is 536 g/mol. The molecule has 11 heteroatoms. The molecule has 0 bridgehead atoms. The highest BCUT2D eigenvalue weighted by molar-refractivity contribution is 5.92. The Labute approximate surface area is 236 Å². The van der Waals surface area contributed by atoms with Crippen LogP contribution in [0.2, 0.25) is 0 Å². The first kappa shape index (κ1) is 29.3. The molecule has 0 spiro atoms. The Morgan fingerprint density at radius 1 is 0.951 bits per heavy atom. The van der Waals surface area contributed by atoms with Crippen molar-refractivity contribution < 1.29 is 37.4 Å². The predicted molar refractivity (Wildman–Crippen MR) is 148 cm³/mol. The number of urea groups is 1. The zero-order valence-electron chi connectivity index (χ0n) is 23.1. The van der Waals surface area contributed by atoms with Gasteiger partial charge in [-0.1, -0.05) is 12.1 Å². The quantitative estimate of drug-likeness (QED) is 0.376. The molecule has 1 saturated heterocycles. The number of halogens is 2. The molecule has 0 aliphatic carbocycles. The first-order valence-electron chi connectivity index (χ1n) is 12.9.